The number of hydrogen-bond donors (Lipinski definition) is 2. The molecule has 2 aromatic carbocycles. The number of aliphatic carboxylic acids is 1. The molecule has 0 saturated carbocycles. The van der Waals surface area contributed by atoms with Gasteiger partial charge in [-0.1, -0.05) is 24.2 Å². The number of ether oxygens (including phenoxy) is 4. The van der Waals surface area contributed by atoms with E-state index in [1.807, 2.05) is 0 Å². The Hall–Kier alpha value is -3.06. The molecule has 2 aromatic rings. The summed E-state index contributed by atoms with van der Waals surface area (Å²) in [6.45, 7) is 3.69. The standard InChI is InChI=1S/C20H22ClNO6/c1-11(20(23)24)18(12-6-7-15(25-2)14(21)8-12)22-13-9-16(26-3)19(28-5)17(10-13)27-4/h6-10,18,22H,1H2,2-5H3,(H,23,24)/t18-/m1/s1. The van der Waals surface area contributed by atoms with E-state index >= 15 is 0 Å². The predicted molar refractivity (Wildman–Crippen MR) is 107 cm³/mol. The van der Waals surface area contributed by atoms with E-state index in [-0.39, 0.29) is 5.57 Å². The predicted octanol–water partition coefficient (Wildman–Crippen LogP) is 4.17. The second-order valence-electron chi connectivity index (χ2n) is 5.72. The van der Waals surface area contributed by atoms with Crippen molar-refractivity contribution in [1.29, 1.82) is 0 Å². The molecule has 150 valence electrons. The van der Waals surface area contributed by atoms with Crippen LogP contribution in [0.5, 0.6) is 23.0 Å². The van der Waals surface area contributed by atoms with Gasteiger partial charge in [0.25, 0.3) is 0 Å². The highest BCUT2D eigenvalue weighted by Gasteiger charge is 2.23. The molecule has 28 heavy (non-hydrogen) atoms. The molecule has 0 heterocycles. The maximum absolute atomic E-state index is 11.6. The molecule has 0 unspecified atom stereocenters. The van der Waals surface area contributed by atoms with E-state index in [1.165, 1.54) is 28.4 Å². The molecule has 2 rings (SSSR count). The summed E-state index contributed by atoms with van der Waals surface area (Å²) >= 11 is 6.21. The number of carboxylic acid groups (broad SMARTS) is 1. The van der Waals surface area contributed by atoms with Crippen LogP contribution in [-0.4, -0.2) is 39.5 Å². The lowest BCUT2D eigenvalue weighted by Crippen LogP contribution is -2.18. The van der Waals surface area contributed by atoms with Gasteiger partial charge in [0.1, 0.15) is 5.75 Å². The van der Waals surface area contributed by atoms with Crippen LogP contribution >= 0.6 is 11.6 Å². The SMILES string of the molecule is C=C(C(=O)O)[C@@H](Nc1cc(OC)c(OC)c(OC)c1)c1ccc(OC)c(Cl)c1. The van der Waals surface area contributed by atoms with Crippen molar-refractivity contribution in [3.05, 3.63) is 53.1 Å². The van der Waals surface area contributed by atoms with Crippen LogP contribution in [0.3, 0.4) is 0 Å². The largest absolute Gasteiger partial charge is 0.495 e. The summed E-state index contributed by atoms with van der Waals surface area (Å²) in [7, 11) is 6.00. The number of nitrogens with one attached hydrogen (secondary N) is 1. The van der Waals surface area contributed by atoms with Crippen molar-refractivity contribution >= 4 is 23.3 Å². The van der Waals surface area contributed by atoms with Gasteiger partial charge in [-0.2, -0.15) is 0 Å². The summed E-state index contributed by atoms with van der Waals surface area (Å²) < 4.78 is 21.1. The Kier molecular flexibility index (Phi) is 7.00. The van der Waals surface area contributed by atoms with Gasteiger partial charge >= 0.3 is 5.97 Å². The first-order chi connectivity index (χ1) is 13.4. The molecule has 7 nitrogen and oxygen atoms in total. The molecule has 0 aliphatic rings. The summed E-state index contributed by atoms with van der Waals surface area (Å²) in [6, 6.07) is 7.60. The first-order valence-corrected chi connectivity index (χ1v) is 8.56. The molecule has 0 aliphatic carbocycles. The summed E-state index contributed by atoms with van der Waals surface area (Å²) in [5.74, 6) is 0.625. The summed E-state index contributed by atoms with van der Waals surface area (Å²) in [5, 5.41) is 13.0. The second kappa shape index (κ2) is 9.23. The number of rotatable bonds is 9. The van der Waals surface area contributed by atoms with E-state index in [9.17, 15) is 9.90 Å². The second-order valence-corrected chi connectivity index (χ2v) is 6.12. The van der Waals surface area contributed by atoms with E-state index in [4.69, 9.17) is 30.5 Å². The van der Waals surface area contributed by atoms with E-state index in [0.29, 0.717) is 39.3 Å². The molecule has 0 radical (unpaired) electrons. The molecule has 0 amide bonds. The van der Waals surface area contributed by atoms with E-state index in [2.05, 4.69) is 11.9 Å². The number of benzene rings is 2. The normalized spacial score (nSPS) is 11.3. The van der Waals surface area contributed by atoms with Crippen LogP contribution in [0.2, 0.25) is 5.02 Å². The molecule has 0 aromatic heterocycles. The van der Waals surface area contributed by atoms with Crippen LogP contribution in [0.1, 0.15) is 11.6 Å². The quantitative estimate of drug-likeness (QED) is 0.603. The maximum Gasteiger partial charge on any atom is 0.333 e. The fraction of sp³-hybridized carbons (Fsp3) is 0.250. The molecule has 2 N–H and O–H groups in total. The van der Waals surface area contributed by atoms with Crippen molar-refractivity contribution in [2.24, 2.45) is 0 Å². The Morgan fingerprint density at radius 1 is 1.00 bits per heavy atom. The zero-order chi connectivity index (χ0) is 20.8. The molecule has 8 heteroatoms. The monoisotopic (exact) mass is 407 g/mol. The maximum atomic E-state index is 11.6. The Balaban J connectivity index is 2.51. The Morgan fingerprint density at radius 3 is 2.00 bits per heavy atom. The molecule has 0 spiro atoms. The number of carboxylic acids is 1. The lowest BCUT2D eigenvalue weighted by atomic mass is 9.99. The minimum Gasteiger partial charge on any atom is -0.495 e. The van der Waals surface area contributed by atoms with Crippen molar-refractivity contribution in [3.63, 3.8) is 0 Å². The summed E-state index contributed by atoms with van der Waals surface area (Å²) in [5.41, 5.74) is 1.09. The first kappa shape index (κ1) is 21.2. The Bertz CT molecular complexity index is 858. The molecule has 0 saturated heterocycles. The van der Waals surface area contributed by atoms with Gasteiger partial charge < -0.3 is 29.4 Å². The van der Waals surface area contributed by atoms with Crippen molar-refractivity contribution in [1.82, 2.24) is 0 Å². The van der Waals surface area contributed by atoms with Crippen molar-refractivity contribution < 1.29 is 28.8 Å². The summed E-state index contributed by atoms with van der Waals surface area (Å²) in [4.78, 5) is 11.6. The fourth-order valence-corrected chi connectivity index (χ4v) is 2.95. The molecular formula is C20H22ClNO6. The number of carbonyl (C=O) groups is 1. The van der Waals surface area contributed by atoms with Crippen LogP contribution in [0.4, 0.5) is 5.69 Å². The van der Waals surface area contributed by atoms with E-state index in [1.54, 1.807) is 30.3 Å². The minimum atomic E-state index is -1.14. The van der Waals surface area contributed by atoms with Gasteiger partial charge in [0, 0.05) is 17.8 Å². The van der Waals surface area contributed by atoms with Crippen LogP contribution in [0.15, 0.2) is 42.5 Å². The number of halogens is 1. The third kappa shape index (κ3) is 4.43. The topological polar surface area (TPSA) is 86.3 Å². The average molecular weight is 408 g/mol. The number of anilines is 1. The zero-order valence-corrected chi connectivity index (χ0v) is 16.8. The molecule has 0 bridgehead atoms. The van der Waals surface area contributed by atoms with Gasteiger partial charge in [-0.3, -0.25) is 0 Å². The Labute approximate surface area is 168 Å². The van der Waals surface area contributed by atoms with Crippen molar-refractivity contribution in [3.8, 4) is 23.0 Å². The van der Waals surface area contributed by atoms with Crippen LogP contribution in [0, 0.1) is 0 Å². The zero-order valence-electron chi connectivity index (χ0n) is 16.0. The third-order valence-electron chi connectivity index (χ3n) is 4.11. The smallest absolute Gasteiger partial charge is 0.333 e. The lowest BCUT2D eigenvalue weighted by Gasteiger charge is -2.23. The van der Waals surface area contributed by atoms with Crippen molar-refractivity contribution in [2.75, 3.05) is 33.8 Å². The number of methoxy groups -OCH3 is 4. The van der Waals surface area contributed by atoms with Crippen molar-refractivity contribution in [2.45, 2.75) is 6.04 Å². The highest BCUT2D eigenvalue weighted by Crippen LogP contribution is 2.41. The Morgan fingerprint density at radius 2 is 1.57 bits per heavy atom. The molecule has 0 aliphatic heterocycles. The van der Waals surface area contributed by atoms with Crippen LogP contribution < -0.4 is 24.3 Å². The molecule has 1 atom stereocenters. The van der Waals surface area contributed by atoms with Gasteiger partial charge in [0.15, 0.2) is 11.5 Å². The molecular weight excluding hydrogens is 386 g/mol. The first-order valence-electron chi connectivity index (χ1n) is 8.18. The minimum absolute atomic E-state index is 0.0602. The third-order valence-corrected chi connectivity index (χ3v) is 4.40. The van der Waals surface area contributed by atoms with E-state index < -0.39 is 12.0 Å². The van der Waals surface area contributed by atoms with Crippen LogP contribution in [0.25, 0.3) is 0 Å². The summed E-state index contributed by atoms with van der Waals surface area (Å²) in [6.07, 6.45) is 0. The highest BCUT2D eigenvalue weighted by atomic mass is 35.5. The van der Waals surface area contributed by atoms with Gasteiger partial charge in [-0.25, -0.2) is 4.79 Å². The van der Waals surface area contributed by atoms with Gasteiger partial charge in [0.2, 0.25) is 5.75 Å². The average Bonchev–Trinajstić information content (AvgIpc) is 2.70. The molecule has 0 fully saturated rings. The van der Waals surface area contributed by atoms with Gasteiger partial charge in [-0.15, -0.1) is 0 Å². The van der Waals surface area contributed by atoms with Gasteiger partial charge in [0.05, 0.1) is 45.1 Å². The lowest BCUT2D eigenvalue weighted by molar-refractivity contribution is -0.132. The number of hydrogen-bond acceptors (Lipinski definition) is 6. The van der Waals surface area contributed by atoms with Gasteiger partial charge in [-0.05, 0) is 17.7 Å². The highest BCUT2D eigenvalue weighted by molar-refractivity contribution is 6.32. The van der Waals surface area contributed by atoms with Crippen LogP contribution in [-0.2, 0) is 4.79 Å². The fourth-order valence-electron chi connectivity index (χ4n) is 2.69. The van der Waals surface area contributed by atoms with E-state index in [0.717, 1.165) is 0 Å².